The Balaban J connectivity index is 1.46. The Morgan fingerprint density at radius 3 is 3.04 bits per heavy atom. The summed E-state index contributed by atoms with van der Waals surface area (Å²) in [5.41, 5.74) is 1.13. The normalized spacial score (nSPS) is 25.8. The molecule has 2 fully saturated rings. The Kier molecular flexibility index (Phi) is 4.01. The van der Waals surface area contributed by atoms with Gasteiger partial charge in [-0.25, -0.2) is 4.98 Å². The molecule has 0 saturated carbocycles. The zero-order valence-corrected chi connectivity index (χ0v) is 13.2. The van der Waals surface area contributed by atoms with Crippen LogP contribution in [-0.2, 0) is 11.3 Å². The summed E-state index contributed by atoms with van der Waals surface area (Å²) in [6.07, 6.45) is 11.1. The van der Waals surface area contributed by atoms with Crippen molar-refractivity contribution in [1.29, 1.82) is 0 Å². The molecular weight excluding hydrogens is 292 g/mol. The van der Waals surface area contributed by atoms with Crippen LogP contribution in [0.25, 0.3) is 0 Å². The lowest BCUT2D eigenvalue weighted by Crippen LogP contribution is -2.59. The minimum atomic E-state index is -0.0994. The monoisotopic (exact) mass is 314 g/mol. The molecule has 0 radical (unpaired) electrons. The van der Waals surface area contributed by atoms with E-state index in [1.165, 1.54) is 5.56 Å². The van der Waals surface area contributed by atoms with E-state index >= 15 is 0 Å². The lowest BCUT2D eigenvalue weighted by molar-refractivity contribution is -0.116. The van der Waals surface area contributed by atoms with Crippen molar-refractivity contribution in [3.8, 4) is 0 Å². The summed E-state index contributed by atoms with van der Waals surface area (Å²) in [4.78, 5) is 13.4. The molecule has 0 amide bonds. The highest BCUT2D eigenvalue weighted by molar-refractivity contribution is 5.36. The maximum Gasteiger partial charge on any atom is 0.147 e. The van der Waals surface area contributed by atoms with Gasteiger partial charge < -0.3 is 14.1 Å². The van der Waals surface area contributed by atoms with E-state index in [0.29, 0.717) is 0 Å². The van der Waals surface area contributed by atoms with Crippen LogP contribution in [0, 0.1) is 0 Å². The standard InChI is InChI=1S/C17H22N4O2/c1-3-17(14-21(6-1)16-10-18-4-5-19-16)13-20(7-9-23-17)11-15-2-8-22-12-15/h2,4-5,8,10,12H,1,3,6-7,9,11,13-14H2. The molecule has 6 nitrogen and oxygen atoms in total. The molecule has 2 aliphatic heterocycles. The molecule has 122 valence electrons. The van der Waals surface area contributed by atoms with E-state index in [4.69, 9.17) is 9.15 Å². The van der Waals surface area contributed by atoms with Crippen molar-refractivity contribution in [3.05, 3.63) is 42.7 Å². The number of ether oxygens (including phenoxy) is 1. The van der Waals surface area contributed by atoms with Crippen LogP contribution in [0.2, 0.25) is 0 Å². The van der Waals surface area contributed by atoms with Gasteiger partial charge >= 0.3 is 0 Å². The van der Waals surface area contributed by atoms with Gasteiger partial charge in [0.05, 0.1) is 30.9 Å². The van der Waals surface area contributed by atoms with E-state index in [-0.39, 0.29) is 5.60 Å². The molecule has 1 atom stereocenters. The number of hydrogen-bond acceptors (Lipinski definition) is 6. The van der Waals surface area contributed by atoms with Crippen LogP contribution < -0.4 is 4.90 Å². The Hall–Kier alpha value is -1.92. The van der Waals surface area contributed by atoms with E-state index in [1.807, 2.05) is 18.5 Å². The number of hydrogen-bond donors (Lipinski definition) is 0. The third-order valence-corrected chi connectivity index (χ3v) is 4.73. The van der Waals surface area contributed by atoms with Crippen LogP contribution in [0.1, 0.15) is 18.4 Å². The summed E-state index contributed by atoms with van der Waals surface area (Å²) in [5, 5.41) is 0. The molecule has 0 aromatic carbocycles. The number of furan rings is 1. The summed E-state index contributed by atoms with van der Waals surface area (Å²) in [5.74, 6) is 0.946. The highest BCUT2D eigenvalue weighted by Gasteiger charge is 2.40. The predicted molar refractivity (Wildman–Crippen MR) is 86.1 cm³/mol. The largest absolute Gasteiger partial charge is 0.472 e. The van der Waals surface area contributed by atoms with Crippen molar-refractivity contribution in [3.63, 3.8) is 0 Å². The van der Waals surface area contributed by atoms with Crippen molar-refractivity contribution in [2.24, 2.45) is 0 Å². The van der Waals surface area contributed by atoms with E-state index in [0.717, 1.165) is 58.0 Å². The topological polar surface area (TPSA) is 54.6 Å². The van der Waals surface area contributed by atoms with Gasteiger partial charge in [0.25, 0.3) is 0 Å². The molecule has 0 N–H and O–H groups in total. The molecule has 1 spiro atoms. The van der Waals surface area contributed by atoms with Crippen molar-refractivity contribution >= 4 is 5.82 Å². The zero-order valence-electron chi connectivity index (χ0n) is 13.2. The van der Waals surface area contributed by atoms with Crippen LogP contribution in [0.3, 0.4) is 0 Å². The smallest absolute Gasteiger partial charge is 0.147 e. The van der Waals surface area contributed by atoms with E-state index in [9.17, 15) is 0 Å². The first kappa shape index (κ1) is 14.7. The molecule has 2 aliphatic rings. The van der Waals surface area contributed by atoms with Gasteiger partial charge in [-0.2, -0.15) is 0 Å². The fourth-order valence-electron chi connectivity index (χ4n) is 3.69. The van der Waals surface area contributed by atoms with Gasteiger partial charge in [0.2, 0.25) is 0 Å². The summed E-state index contributed by atoms with van der Waals surface area (Å²) in [6, 6.07) is 2.04. The van der Waals surface area contributed by atoms with Crippen molar-refractivity contribution in [1.82, 2.24) is 14.9 Å². The second-order valence-electron chi connectivity index (χ2n) is 6.46. The summed E-state index contributed by atoms with van der Waals surface area (Å²) >= 11 is 0. The average molecular weight is 314 g/mol. The number of piperidine rings is 1. The van der Waals surface area contributed by atoms with E-state index in [1.54, 1.807) is 18.7 Å². The number of aromatic nitrogens is 2. The maximum absolute atomic E-state index is 6.25. The van der Waals surface area contributed by atoms with Crippen molar-refractivity contribution < 1.29 is 9.15 Å². The first-order chi connectivity index (χ1) is 11.3. The SMILES string of the molecule is c1cnc(N2CCCC3(CN(Cc4ccoc4)CCO3)C2)cn1. The lowest BCUT2D eigenvalue weighted by atomic mass is 9.90. The molecule has 2 saturated heterocycles. The van der Waals surface area contributed by atoms with Crippen molar-refractivity contribution in [2.45, 2.75) is 25.0 Å². The number of morpholine rings is 1. The van der Waals surface area contributed by atoms with E-state index < -0.39 is 0 Å². The average Bonchev–Trinajstić information content (AvgIpc) is 3.09. The first-order valence-corrected chi connectivity index (χ1v) is 8.21. The van der Waals surface area contributed by atoms with Crippen LogP contribution in [0.15, 0.2) is 41.6 Å². The minimum Gasteiger partial charge on any atom is -0.472 e. The van der Waals surface area contributed by atoms with Gasteiger partial charge in [-0.15, -0.1) is 0 Å². The van der Waals surface area contributed by atoms with Crippen LogP contribution in [0.4, 0.5) is 5.82 Å². The third kappa shape index (κ3) is 3.23. The van der Waals surface area contributed by atoms with Crippen LogP contribution >= 0.6 is 0 Å². The number of rotatable bonds is 3. The summed E-state index contributed by atoms with van der Waals surface area (Å²) in [7, 11) is 0. The van der Waals surface area contributed by atoms with Gasteiger partial charge in [0, 0.05) is 50.7 Å². The Morgan fingerprint density at radius 1 is 1.22 bits per heavy atom. The fraction of sp³-hybridized carbons (Fsp3) is 0.529. The van der Waals surface area contributed by atoms with Crippen molar-refractivity contribution in [2.75, 3.05) is 37.7 Å². The van der Waals surface area contributed by atoms with E-state index in [2.05, 4.69) is 19.8 Å². The Labute approximate surface area is 136 Å². The molecular formula is C17H22N4O2. The van der Waals surface area contributed by atoms with Gasteiger partial charge in [-0.05, 0) is 18.9 Å². The second-order valence-corrected chi connectivity index (χ2v) is 6.46. The number of nitrogens with zero attached hydrogens (tertiary/aromatic N) is 4. The molecule has 23 heavy (non-hydrogen) atoms. The summed E-state index contributed by atoms with van der Waals surface area (Å²) < 4.78 is 11.4. The molecule has 6 heteroatoms. The zero-order chi connectivity index (χ0) is 15.5. The predicted octanol–water partition coefficient (Wildman–Crippen LogP) is 1.94. The molecule has 2 aromatic heterocycles. The second kappa shape index (κ2) is 6.29. The highest BCUT2D eigenvalue weighted by atomic mass is 16.5. The van der Waals surface area contributed by atoms with Gasteiger partial charge in [0.15, 0.2) is 0 Å². The van der Waals surface area contributed by atoms with Gasteiger partial charge in [-0.1, -0.05) is 0 Å². The molecule has 1 unspecified atom stereocenters. The fourth-order valence-corrected chi connectivity index (χ4v) is 3.69. The quantitative estimate of drug-likeness (QED) is 0.863. The minimum absolute atomic E-state index is 0.0994. The molecule has 4 rings (SSSR count). The molecule has 0 aliphatic carbocycles. The summed E-state index contributed by atoms with van der Waals surface area (Å²) in [6.45, 7) is 5.53. The molecule has 2 aromatic rings. The maximum atomic E-state index is 6.25. The highest BCUT2D eigenvalue weighted by Crippen LogP contribution is 2.31. The lowest BCUT2D eigenvalue weighted by Gasteiger charge is -2.48. The first-order valence-electron chi connectivity index (χ1n) is 8.21. The molecule has 0 bridgehead atoms. The molecule has 4 heterocycles. The van der Waals surface area contributed by atoms with Gasteiger partial charge in [0.1, 0.15) is 5.82 Å². The Morgan fingerprint density at radius 2 is 2.22 bits per heavy atom. The van der Waals surface area contributed by atoms with Gasteiger partial charge in [-0.3, -0.25) is 9.88 Å². The third-order valence-electron chi connectivity index (χ3n) is 4.73. The van der Waals surface area contributed by atoms with Crippen LogP contribution in [0.5, 0.6) is 0 Å². The number of anilines is 1. The Bertz CT molecular complexity index is 615. The van der Waals surface area contributed by atoms with Crippen LogP contribution in [-0.4, -0.2) is 53.3 Å².